The molecule has 4 aromatic carbocycles. The molecule has 0 radical (unpaired) electrons. The minimum Gasteiger partial charge on any atom is -0.507 e. The normalized spacial score (nSPS) is 11.0. The van der Waals surface area contributed by atoms with Crippen LogP contribution < -0.4 is 0 Å². The summed E-state index contributed by atoms with van der Waals surface area (Å²) >= 11 is 0. The van der Waals surface area contributed by atoms with Gasteiger partial charge in [0.1, 0.15) is 5.75 Å². The number of carbonyl (C=O) groups is 1. The van der Waals surface area contributed by atoms with Gasteiger partial charge < -0.3 is 5.11 Å². The number of benzene rings is 4. The van der Waals surface area contributed by atoms with Gasteiger partial charge in [0.05, 0.1) is 5.56 Å². The highest BCUT2D eigenvalue weighted by molar-refractivity contribution is 6.12. The van der Waals surface area contributed by atoms with E-state index in [4.69, 9.17) is 0 Å². The third-order valence-electron chi connectivity index (χ3n) is 4.22. The summed E-state index contributed by atoms with van der Waals surface area (Å²) in [6, 6.07) is 23.8. The molecule has 0 heterocycles. The molecule has 0 spiro atoms. The molecule has 0 aliphatic rings. The zero-order valence-corrected chi connectivity index (χ0v) is 12.4. The van der Waals surface area contributed by atoms with Gasteiger partial charge in [-0.1, -0.05) is 54.6 Å². The largest absolute Gasteiger partial charge is 0.507 e. The van der Waals surface area contributed by atoms with Gasteiger partial charge in [-0.2, -0.15) is 0 Å². The van der Waals surface area contributed by atoms with Crippen LogP contribution in [0.3, 0.4) is 0 Å². The van der Waals surface area contributed by atoms with Gasteiger partial charge in [-0.3, -0.25) is 4.79 Å². The van der Waals surface area contributed by atoms with Crippen molar-refractivity contribution in [1.82, 2.24) is 0 Å². The monoisotopic (exact) mass is 298 g/mol. The van der Waals surface area contributed by atoms with Crippen LogP contribution in [0.2, 0.25) is 0 Å². The van der Waals surface area contributed by atoms with Crippen molar-refractivity contribution in [1.29, 1.82) is 0 Å². The highest BCUT2D eigenvalue weighted by Crippen LogP contribution is 2.37. The molecule has 4 aromatic rings. The topological polar surface area (TPSA) is 37.3 Å². The molecule has 1 N–H and O–H groups in total. The molecule has 0 aromatic heterocycles. The summed E-state index contributed by atoms with van der Waals surface area (Å²) in [5.41, 5.74) is 2.28. The molecule has 2 heteroatoms. The number of aromatic hydroxyl groups is 1. The maximum atomic E-state index is 10.9. The van der Waals surface area contributed by atoms with Gasteiger partial charge >= 0.3 is 0 Å². The predicted molar refractivity (Wildman–Crippen MR) is 93.9 cm³/mol. The molecule has 0 amide bonds. The zero-order chi connectivity index (χ0) is 15.8. The third kappa shape index (κ3) is 2.16. The average molecular weight is 298 g/mol. The van der Waals surface area contributed by atoms with Crippen LogP contribution in [0.15, 0.2) is 72.8 Å². The van der Waals surface area contributed by atoms with Gasteiger partial charge in [0, 0.05) is 0 Å². The Balaban J connectivity index is 2.14. The molecule has 110 valence electrons. The van der Waals surface area contributed by atoms with Gasteiger partial charge in [0.2, 0.25) is 0 Å². The van der Waals surface area contributed by atoms with Gasteiger partial charge in [0.15, 0.2) is 6.29 Å². The van der Waals surface area contributed by atoms with Crippen molar-refractivity contribution in [2.45, 2.75) is 0 Å². The van der Waals surface area contributed by atoms with E-state index in [1.54, 1.807) is 12.1 Å². The van der Waals surface area contributed by atoms with Gasteiger partial charge in [-0.05, 0) is 50.9 Å². The van der Waals surface area contributed by atoms with Crippen LogP contribution in [0, 0.1) is 0 Å². The van der Waals surface area contributed by atoms with Crippen molar-refractivity contribution in [3.8, 4) is 16.9 Å². The summed E-state index contributed by atoms with van der Waals surface area (Å²) in [5.74, 6) is 0.00881. The number of carbonyl (C=O) groups excluding carboxylic acids is 1. The van der Waals surface area contributed by atoms with Crippen LogP contribution in [0.5, 0.6) is 5.75 Å². The number of rotatable bonds is 2. The van der Waals surface area contributed by atoms with Crippen LogP contribution >= 0.6 is 0 Å². The zero-order valence-electron chi connectivity index (χ0n) is 12.4. The molecule has 4 rings (SSSR count). The Morgan fingerprint density at radius 2 is 1.35 bits per heavy atom. The molecular weight excluding hydrogens is 284 g/mol. The Kier molecular flexibility index (Phi) is 3.09. The van der Waals surface area contributed by atoms with Crippen LogP contribution in [-0.4, -0.2) is 11.4 Å². The minimum atomic E-state index is 0.00881. The number of phenolic OH excluding ortho intramolecular Hbond substituents is 1. The van der Waals surface area contributed by atoms with Gasteiger partial charge in [-0.15, -0.1) is 0 Å². The quantitative estimate of drug-likeness (QED) is 0.409. The van der Waals surface area contributed by atoms with E-state index in [2.05, 4.69) is 30.3 Å². The van der Waals surface area contributed by atoms with Crippen LogP contribution in [0.4, 0.5) is 0 Å². The summed E-state index contributed by atoms with van der Waals surface area (Å²) in [6.07, 6.45) is 0.667. The lowest BCUT2D eigenvalue weighted by Gasteiger charge is -2.12. The van der Waals surface area contributed by atoms with E-state index in [9.17, 15) is 9.90 Å². The van der Waals surface area contributed by atoms with Crippen LogP contribution in [-0.2, 0) is 0 Å². The SMILES string of the molecule is O=Cc1ccc(-c2c3ccccc3cc3ccccc23)cc1O. The number of phenols is 1. The molecule has 23 heavy (non-hydrogen) atoms. The summed E-state index contributed by atoms with van der Waals surface area (Å²) in [5, 5.41) is 14.6. The molecule has 0 bridgehead atoms. The molecule has 0 atom stereocenters. The molecular formula is C21H14O2. The van der Waals surface area contributed by atoms with Crippen molar-refractivity contribution < 1.29 is 9.90 Å². The van der Waals surface area contributed by atoms with Crippen LogP contribution in [0.25, 0.3) is 32.7 Å². The first-order valence-electron chi connectivity index (χ1n) is 7.47. The fraction of sp³-hybridized carbons (Fsp3) is 0. The second kappa shape index (κ2) is 5.25. The molecule has 0 saturated heterocycles. The molecule has 0 aliphatic carbocycles. The van der Waals surface area contributed by atoms with E-state index in [0.717, 1.165) is 32.7 Å². The lowest BCUT2D eigenvalue weighted by Crippen LogP contribution is -1.87. The highest BCUT2D eigenvalue weighted by Gasteiger charge is 2.11. The van der Waals surface area contributed by atoms with Crippen molar-refractivity contribution in [2.75, 3.05) is 0 Å². The Morgan fingerprint density at radius 3 is 1.91 bits per heavy atom. The van der Waals surface area contributed by atoms with Crippen molar-refractivity contribution in [2.24, 2.45) is 0 Å². The Labute approximate surface area is 133 Å². The summed E-state index contributed by atoms with van der Waals surface area (Å²) in [6.45, 7) is 0. The predicted octanol–water partition coefficient (Wildman–Crippen LogP) is 5.18. The van der Waals surface area contributed by atoms with E-state index >= 15 is 0 Å². The molecule has 2 nitrogen and oxygen atoms in total. The molecule has 0 fully saturated rings. The maximum Gasteiger partial charge on any atom is 0.153 e. The minimum absolute atomic E-state index is 0.00881. The van der Waals surface area contributed by atoms with Gasteiger partial charge in [-0.25, -0.2) is 0 Å². The maximum absolute atomic E-state index is 10.9. The lowest BCUT2D eigenvalue weighted by molar-refractivity contribution is 0.112. The Morgan fingerprint density at radius 1 is 0.739 bits per heavy atom. The average Bonchev–Trinajstić information content (AvgIpc) is 2.59. The highest BCUT2D eigenvalue weighted by atomic mass is 16.3. The Hall–Kier alpha value is -3.13. The number of hydrogen-bond donors (Lipinski definition) is 1. The van der Waals surface area contributed by atoms with E-state index in [0.29, 0.717) is 11.8 Å². The standard InChI is InChI=1S/C21H14O2/c22-13-17-10-9-16(12-20(17)23)21-18-7-3-1-5-14(18)11-15-6-2-4-8-19(15)21/h1-13,23H. The summed E-state index contributed by atoms with van der Waals surface area (Å²) in [7, 11) is 0. The fourth-order valence-electron chi connectivity index (χ4n) is 3.12. The van der Waals surface area contributed by atoms with Crippen LogP contribution in [0.1, 0.15) is 10.4 Å². The molecule has 0 aliphatic heterocycles. The van der Waals surface area contributed by atoms with Crippen molar-refractivity contribution >= 4 is 27.8 Å². The second-order valence-corrected chi connectivity index (χ2v) is 5.59. The van der Waals surface area contributed by atoms with E-state index in [-0.39, 0.29) is 5.75 Å². The van der Waals surface area contributed by atoms with E-state index in [1.807, 2.05) is 30.3 Å². The summed E-state index contributed by atoms with van der Waals surface area (Å²) < 4.78 is 0. The first-order valence-corrected chi connectivity index (χ1v) is 7.47. The number of hydrogen-bond acceptors (Lipinski definition) is 2. The summed E-state index contributed by atoms with van der Waals surface area (Å²) in [4.78, 5) is 10.9. The number of fused-ring (bicyclic) bond motifs is 2. The van der Waals surface area contributed by atoms with Gasteiger partial charge in [0.25, 0.3) is 0 Å². The van der Waals surface area contributed by atoms with Crippen molar-refractivity contribution in [3.63, 3.8) is 0 Å². The third-order valence-corrected chi connectivity index (χ3v) is 4.22. The Bertz CT molecular complexity index is 994. The first-order chi connectivity index (χ1) is 11.3. The second-order valence-electron chi connectivity index (χ2n) is 5.59. The fourth-order valence-corrected chi connectivity index (χ4v) is 3.12. The smallest absolute Gasteiger partial charge is 0.153 e. The lowest BCUT2D eigenvalue weighted by atomic mass is 9.91. The van der Waals surface area contributed by atoms with Crippen molar-refractivity contribution in [3.05, 3.63) is 78.4 Å². The van der Waals surface area contributed by atoms with E-state index < -0.39 is 0 Å². The van der Waals surface area contributed by atoms with E-state index in [1.165, 1.54) is 0 Å². The first kappa shape index (κ1) is 13.5. The molecule has 0 unspecified atom stereocenters. The molecule has 0 saturated carbocycles. The number of aldehydes is 1.